The molecule has 4 nitrogen and oxygen atoms in total. The van der Waals surface area contributed by atoms with Crippen molar-refractivity contribution in [1.82, 2.24) is 0 Å². The van der Waals surface area contributed by atoms with Crippen LogP contribution in [0.5, 0.6) is 17.2 Å². The minimum Gasteiger partial charge on any atom is -1.00 e. The molecule has 0 saturated carbocycles. The lowest BCUT2D eigenvalue weighted by Gasteiger charge is -2.05. The number of fused-ring (bicyclic) bond motifs is 4. The molecule has 0 radical (unpaired) electrons. The molecule has 0 atom stereocenters. The van der Waals surface area contributed by atoms with Gasteiger partial charge in [-0.25, -0.2) is 0 Å². The SMILES string of the molecule is COc1ccc2c(cc[n+]3cc4c(O)c(O)ccc4cc23)c1.[Br-]. The van der Waals surface area contributed by atoms with Crippen molar-refractivity contribution in [2.24, 2.45) is 0 Å². The smallest absolute Gasteiger partial charge is 0.219 e. The summed E-state index contributed by atoms with van der Waals surface area (Å²) in [6, 6.07) is 13.2. The van der Waals surface area contributed by atoms with E-state index in [0.29, 0.717) is 5.39 Å². The maximum absolute atomic E-state index is 10.0. The molecule has 0 aliphatic heterocycles. The normalized spacial score (nSPS) is 10.8. The third kappa shape index (κ3) is 2.33. The van der Waals surface area contributed by atoms with Gasteiger partial charge >= 0.3 is 0 Å². The second-order valence-electron chi connectivity index (χ2n) is 5.27. The van der Waals surface area contributed by atoms with Crippen LogP contribution in [0.1, 0.15) is 0 Å². The van der Waals surface area contributed by atoms with Gasteiger partial charge in [0.1, 0.15) is 5.75 Å². The van der Waals surface area contributed by atoms with Crippen LogP contribution >= 0.6 is 0 Å². The summed E-state index contributed by atoms with van der Waals surface area (Å²) in [5.41, 5.74) is 1.03. The highest BCUT2D eigenvalue weighted by molar-refractivity contribution is 5.99. The molecular weight excluding hydrogens is 358 g/mol. The van der Waals surface area contributed by atoms with E-state index < -0.39 is 0 Å². The molecule has 0 unspecified atom stereocenters. The first-order chi connectivity index (χ1) is 10.7. The number of pyridine rings is 2. The molecule has 0 spiro atoms. The van der Waals surface area contributed by atoms with Crippen LogP contribution in [-0.2, 0) is 0 Å². The van der Waals surface area contributed by atoms with Gasteiger partial charge in [-0.05, 0) is 41.1 Å². The third-order valence-electron chi connectivity index (χ3n) is 4.02. The Morgan fingerprint density at radius 3 is 2.48 bits per heavy atom. The van der Waals surface area contributed by atoms with Crippen molar-refractivity contribution < 1.29 is 36.3 Å². The minimum absolute atomic E-state index is 0. The van der Waals surface area contributed by atoms with Crippen LogP contribution in [0.15, 0.2) is 54.9 Å². The van der Waals surface area contributed by atoms with Crippen molar-refractivity contribution in [3.8, 4) is 17.2 Å². The number of rotatable bonds is 1. The molecule has 4 rings (SSSR count). The topological polar surface area (TPSA) is 53.8 Å². The Labute approximate surface area is 143 Å². The molecule has 116 valence electrons. The molecule has 5 heteroatoms. The van der Waals surface area contributed by atoms with Crippen molar-refractivity contribution >= 4 is 27.1 Å². The van der Waals surface area contributed by atoms with E-state index in [0.717, 1.165) is 27.4 Å². The van der Waals surface area contributed by atoms with Crippen LogP contribution in [0.25, 0.3) is 27.1 Å². The van der Waals surface area contributed by atoms with Gasteiger partial charge in [0, 0.05) is 12.1 Å². The molecule has 0 aliphatic carbocycles. The minimum atomic E-state index is -0.113. The van der Waals surface area contributed by atoms with Gasteiger partial charge < -0.3 is 31.9 Å². The zero-order valence-corrected chi connectivity index (χ0v) is 13.9. The number of benzene rings is 2. The number of halogens is 1. The van der Waals surface area contributed by atoms with E-state index in [1.54, 1.807) is 13.2 Å². The second kappa shape index (κ2) is 5.59. The van der Waals surface area contributed by atoms with Gasteiger partial charge in [-0.1, -0.05) is 0 Å². The van der Waals surface area contributed by atoms with Gasteiger partial charge in [-0.2, -0.15) is 4.40 Å². The first kappa shape index (κ1) is 15.4. The van der Waals surface area contributed by atoms with E-state index in [4.69, 9.17) is 4.74 Å². The highest BCUT2D eigenvalue weighted by atomic mass is 79.9. The van der Waals surface area contributed by atoms with Crippen molar-refractivity contribution in [3.63, 3.8) is 0 Å². The Hall–Kier alpha value is -2.53. The van der Waals surface area contributed by atoms with Gasteiger partial charge in [-0.3, -0.25) is 0 Å². The summed E-state index contributed by atoms with van der Waals surface area (Å²) < 4.78 is 7.21. The van der Waals surface area contributed by atoms with Gasteiger partial charge in [0.25, 0.3) is 0 Å². The lowest BCUT2D eigenvalue weighted by molar-refractivity contribution is -0.509. The van der Waals surface area contributed by atoms with E-state index >= 15 is 0 Å². The van der Waals surface area contributed by atoms with Crippen molar-refractivity contribution in [3.05, 3.63) is 54.9 Å². The molecule has 2 heterocycles. The predicted molar refractivity (Wildman–Crippen MR) is 84.5 cm³/mol. The molecule has 2 aromatic heterocycles. The Morgan fingerprint density at radius 1 is 0.913 bits per heavy atom. The van der Waals surface area contributed by atoms with Crippen LogP contribution in [0, 0.1) is 0 Å². The fourth-order valence-electron chi connectivity index (χ4n) is 2.84. The van der Waals surface area contributed by atoms with Crippen molar-refractivity contribution in [1.29, 1.82) is 0 Å². The number of phenols is 2. The first-order valence-electron chi connectivity index (χ1n) is 6.94. The van der Waals surface area contributed by atoms with E-state index in [1.807, 2.05) is 47.1 Å². The van der Waals surface area contributed by atoms with Crippen LogP contribution in [-0.4, -0.2) is 17.3 Å². The maximum atomic E-state index is 10.0. The molecule has 0 aliphatic rings. The fraction of sp³-hybridized carbons (Fsp3) is 0.0556. The van der Waals surface area contributed by atoms with Crippen molar-refractivity contribution in [2.75, 3.05) is 7.11 Å². The molecule has 23 heavy (non-hydrogen) atoms. The molecular formula is C18H14BrNO3. The van der Waals surface area contributed by atoms with Crippen LogP contribution in [0.2, 0.25) is 0 Å². The zero-order valence-electron chi connectivity index (χ0n) is 12.3. The van der Waals surface area contributed by atoms with E-state index in [2.05, 4.69) is 0 Å². The summed E-state index contributed by atoms with van der Waals surface area (Å²) in [6.07, 6.45) is 3.75. The zero-order chi connectivity index (χ0) is 15.3. The monoisotopic (exact) mass is 371 g/mol. The summed E-state index contributed by atoms with van der Waals surface area (Å²) >= 11 is 0. The molecule has 2 N–H and O–H groups in total. The summed E-state index contributed by atoms with van der Waals surface area (Å²) in [7, 11) is 1.65. The lowest BCUT2D eigenvalue weighted by atomic mass is 10.1. The average molecular weight is 372 g/mol. The first-order valence-corrected chi connectivity index (χ1v) is 6.94. The van der Waals surface area contributed by atoms with E-state index in [-0.39, 0.29) is 28.5 Å². The van der Waals surface area contributed by atoms with Gasteiger partial charge in [0.2, 0.25) is 5.52 Å². The highest BCUT2D eigenvalue weighted by Crippen LogP contribution is 2.33. The molecule has 0 saturated heterocycles. The van der Waals surface area contributed by atoms with Crippen LogP contribution in [0.4, 0.5) is 0 Å². The molecule has 4 aromatic rings. The summed E-state index contributed by atoms with van der Waals surface area (Å²) in [5, 5.41) is 23.3. The van der Waals surface area contributed by atoms with Gasteiger partial charge in [0.05, 0.1) is 17.9 Å². The Kier molecular flexibility index (Phi) is 3.74. The Morgan fingerprint density at radius 2 is 1.70 bits per heavy atom. The van der Waals surface area contributed by atoms with Crippen molar-refractivity contribution in [2.45, 2.75) is 0 Å². The number of hydrogen-bond acceptors (Lipinski definition) is 3. The maximum Gasteiger partial charge on any atom is 0.219 e. The summed E-state index contributed by atoms with van der Waals surface area (Å²) in [5.74, 6) is 0.611. The van der Waals surface area contributed by atoms with Gasteiger partial charge in [0.15, 0.2) is 23.9 Å². The average Bonchev–Trinajstić information content (AvgIpc) is 2.56. The lowest BCUT2D eigenvalue weighted by Crippen LogP contribution is -3.00. The standard InChI is InChI=1S/C18H13NO3.BrH/c1-22-13-3-4-14-12(8-13)6-7-19-10-15-11(9-16(14)19)2-5-17(20)18(15)21;/h2-10,20H,1H3;1H. The van der Waals surface area contributed by atoms with E-state index in [1.165, 1.54) is 6.07 Å². The summed E-state index contributed by atoms with van der Waals surface area (Å²) in [6.45, 7) is 0. The highest BCUT2D eigenvalue weighted by Gasteiger charge is 2.14. The number of hydrogen-bond donors (Lipinski definition) is 2. The largest absolute Gasteiger partial charge is 1.00 e. The van der Waals surface area contributed by atoms with E-state index in [9.17, 15) is 10.2 Å². The molecule has 0 amide bonds. The third-order valence-corrected chi connectivity index (χ3v) is 4.02. The number of aromatic hydroxyl groups is 2. The fourth-order valence-corrected chi connectivity index (χ4v) is 2.84. The molecule has 0 fully saturated rings. The Bertz CT molecular complexity index is 1050. The summed E-state index contributed by atoms with van der Waals surface area (Å²) in [4.78, 5) is 0. The number of nitrogens with zero attached hydrogens (tertiary/aromatic N) is 1. The number of ether oxygens (including phenoxy) is 1. The predicted octanol–water partition coefficient (Wildman–Crippen LogP) is 0.155. The van der Waals surface area contributed by atoms with Gasteiger partial charge in [-0.15, -0.1) is 0 Å². The quantitative estimate of drug-likeness (QED) is 0.217. The number of methoxy groups -OCH3 is 1. The second-order valence-corrected chi connectivity index (χ2v) is 5.27. The Balaban J connectivity index is 0.00000156. The molecule has 2 aromatic carbocycles. The number of phenolic OH excluding ortho intramolecular Hbond substituents is 2. The molecule has 0 bridgehead atoms. The van der Waals surface area contributed by atoms with Crippen LogP contribution < -0.4 is 26.1 Å². The van der Waals surface area contributed by atoms with Crippen LogP contribution in [0.3, 0.4) is 0 Å². The number of aromatic nitrogens is 1.